The number of carbonyl (C=O) groups excluding carboxylic acids is 4. The second-order valence-corrected chi connectivity index (χ2v) is 6.25. The lowest BCUT2D eigenvalue weighted by Crippen LogP contribution is -2.54. The van der Waals surface area contributed by atoms with E-state index in [0.29, 0.717) is 13.2 Å². The number of methoxy groups -OCH3 is 1. The van der Waals surface area contributed by atoms with Crippen LogP contribution in [-0.2, 0) is 38.2 Å². The molecule has 0 rings (SSSR count). The maximum atomic E-state index is 12.1. The minimum absolute atomic E-state index is 0.185. The number of hydrogen-bond acceptors (Lipinski definition) is 8. The predicted molar refractivity (Wildman–Crippen MR) is 102 cm³/mol. The Bertz CT molecular complexity index is 600. The Balaban J connectivity index is 4.28. The van der Waals surface area contributed by atoms with Crippen molar-refractivity contribution < 1.29 is 43.3 Å². The second-order valence-electron chi connectivity index (χ2n) is 6.25. The van der Waals surface area contributed by atoms with Gasteiger partial charge in [-0.3, -0.25) is 19.2 Å². The van der Waals surface area contributed by atoms with Gasteiger partial charge in [-0.15, -0.1) is 0 Å². The largest absolute Gasteiger partial charge is 0.480 e. The van der Waals surface area contributed by atoms with Crippen molar-refractivity contribution in [2.45, 2.75) is 38.4 Å². The van der Waals surface area contributed by atoms with Crippen molar-refractivity contribution in [2.24, 2.45) is 5.73 Å². The second kappa shape index (κ2) is 15.1. The number of carboxylic acid groups (broad SMARTS) is 1. The number of carboxylic acids is 1. The highest BCUT2D eigenvalue weighted by Gasteiger charge is 2.26. The molecule has 0 aromatic heterocycles. The van der Waals surface area contributed by atoms with Crippen LogP contribution in [0.5, 0.6) is 0 Å². The summed E-state index contributed by atoms with van der Waals surface area (Å²) in [7, 11) is 1.55. The molecule has 0 aromatic carbocycles. The molecule has 0 fully saturated rings. The van der Waals surface area contributed by atoms with Crippen LogP contribution >= 0.6 is 0 Å². The fraction of sp³-hybridized carbons (Fsp3) is 0.706. The monoisotopic (exact) mass is 434 g/mol. The number of primary amides is 1. The van der Waals surface area contributed by atoms with Gasteiger partial charge in [-0.05, 0) is 13.8 Å². The van der Waals surface area contributed by atoms with Crippen LogP contribution in [0.2, 0.25) is 0 Å². The average Bonchev–Trinajstić information content (AvgIpc) is 2.65. The van der Waals surface area contributed by atoms with Crippen molar-refractivity contribution in [3.63, 3.8) is 0 Å². The van der Waals surface area contributed by atoms with Gasteiger partial charge in [0.1, 0.15) is 24.7 Å². The van der Waals surface area contributed by atoms with Crippen LogP contribution in [0.4, 0.5) is 0 Å². The summed E-state index contributed by atoms with van der Waals surface area (Å²) in [4.78, 5) is 57.8. The van der Waals surface area contributed by atoms with E-state index >= 15 is 0 Å². The van der Waals surface area contributed by atoms with Gasteiger partial charge >= 0.3 is 5.97 Å². The van der Waals surface area contributed by atoms with Crippen LogP contribution in [0.1, 0.15) is 20.3 Å². The number of carbonyl (C=O) groups is 5. The average molecular weight is 434 g/mol. The van der Waals surface area contributed by atoms with E-state index in [-0.39, 0.29) is 19.8 Å². The number of amides is 4. The van der Waals surface area contributed by atoms with Gasteiger partial charge in [0.25, 0.3) is 0 Å². The molecule has 172 valence electrons. The van der Waals surface area contributed by atoms with E-state index in [1.165, 1.54) is 13.8 Å². The normalized spacial score (nSPS) is 13.6. The molecule has 3 atom stereocenters. The van der Waals surface area contributed by atoms with Crippen molar-refractivity contribution in [1.29, 1.82) is 0 Å². The predicted octanol–water partition coefficient (Wildman–Crippen LogP) is -2.88. The Morgan fingerprint density at radius 1 is 0.867 bits per heavy atom. The summed E-state index contributed by atoms with van der Waals surface area (Å²) in [6, 6.07) is -3.61. The molecular weight excluding hydrogens is 404 g/mol. The Hall–Kier alpha value is -2.77. The third-order valence-electron chi connectivity index (χ3n) is 3.58. The number of nitrogens with two attached hydrogens (primary N) is 1. The Morgan fingerprint density at radius 3 is 1.97 bits per heavy atom. The number of hydrogen-bond donors (Lipinski definition) is 5. The lowest BCUT2D eigenvalue weighted by atomic mass is 10.1. The molecule has 0 bridgehead atoms. The molecule has 0 saturated carbocycles. The lowest BCUT2D eigenvalue weighted by Gasteiger charge is -2.20. The zero-order valence-corrected chi connectivity index (χ0v) is 17.3. The van der Waals surface area contributed by atoms with E-state index in [2.05, 4.69) is 16.0 Å². The SMILES string of the molecule is COCCOCCOCC(=O)NC(C)C(=O)NC(C)C(=O)NC(CC(N)=O)C(=O)O. The maximum absolute atomic E-state index is 12.1. The van der Waals surface area contributed by atoms with Gasteiger partial charge in [0.2, 0.25) is 23.6 Å². The molecule has 0 heterocycles. The van der Waals surface area contributed by atoms with Crippen LogP contribution in [0.15, 0.2) is 0 Å². The molecule has 0 spiro atoms. The van der Waals surface area contributed by atoms with Gasteiger partial charge in [0.05, 0.1) is 32.8 Å². The first kappa shape index (κ1) is 27.2. The van der Waals surface area contributed by atoms with E-state index < -0.39 is 54.1 Å². The van der Waals surface area contributed by atoms with Crippen molar-refractivity contribution >= 4 is 29.6 Å². The summed E-state index contributed by atoms with van der Waals surface area (Å²) in [5.74, 6) is -4.38. The number of aliphatic carboxylic acids is 1. The van der Waals surface area contributed by atoms with Gasteiger partial charge in [-0.25, -0.2) is 4.79 Å². The molecule has 0 aliphatic rings. The molecule has 13 nitrogen and oxygen atoms in total. The molecule has 6 N–H and O–H groups in total. The highest BCUT2D eigenvalue weighted by Crippen LogP contribution is 1.95. The van der Waals surface area contributed by atoms with Gasteiger partial charge in [0, 0.05) is 7.11 Å². The van der Waals surface area contributed by atoms with Crippen molar-refractivity contribution in [1.82, 2.24) is 16.0 Å². The Labute approximate surface area is 174 Å². The fourth-order valence-corrected chi connectivity index (χ4v) is 1.98. The van der Waals surface area contributed by atoms with E-state index in [1.807, 2.05) is 0 Å². The first-order valence-corrected chi connectivity index (χ1v) is 9.14. The first-order valence-electron chi connectivity index (χ1n) is 9.14. The smallest absolute Gasteiger partial charge is 0.326 e. The fourth-order valence-electron chi connectivity index (χ4n) is 1.98. The van der Waals surface area contributed by atoms with Crippen LogP contribution in [0.25, 0.3) is 0 Å². The Morgan fingerprint density at radius 2 is 1.40 bits per heavy atom. The first-order chi connectivity index (χ1) is 14.1. The maximum Gasteiger partial charge on any atom is 0.326 e. The minimum Gasteiger partial charge on any atom is -0.480 e. The van der Waals surface area contributed by atoms with Crippen LogP contribution < -0.4 is 21.7 Å². The van der Waals surface area contributed by atoms with Gasteiger partial charge in [0.15, 0.2) is 0 Å². The Kier molecular flexibility index (Phi) is 13.7. The molecule has 30 heavy (non-hydrogen) atoms. The highest BCUT2D eigenvalue weighted by atomic mass is 16.5. The van der Waals surface area contributed by atoms with Crippen LogP contribution in [0, 0.1) is 0 Å². The molecule has 0 radical (unpaired) electrons. The van der Waals surface area contributed by atoms with Gasteiger partial charge in [-0.2, -0.15) is 0 Å². The number of rotatable bonds is 16. The number of nitrogens with one attached hydrogen (secondary N) is 3. The molecule has 0 saturated heterocycles. The van der Waals surface area contributed by atoms with E-state index in [0.717, 1.165) is 0 Å². The summed E-state index contributed by atoms with van der Waals surface area (Å²) < 4.78 is 15.1. The van der Waals surface area contributed by atoms with Gasteiger partial charge < -0.3 is 41.0 Å². The third kappa shape index (κ3) is 12.6. The van der Waals surface area contributed by atoms with Crippen molar-refractivity contribution in [3.05, 3.63) is 0 Å². The summed E-state index contributed by atoms with van der Waals surface area (Å²) in [5.41, 5.74) is 4.93. The number of ether oxygens (including phenoxy) is 3. The quantitative estimate of drug-likeness (QED) is 0.158. The summed E-state index contributed by atoms with van der Waals surface area (Å²) in [6.45, 7) is 3.76. The third-order valence-corrected chi connectivity index (χ3v) is 3.58. The molecule has 13 heteroatoms. The van der Waals surface area contributed by atoms with Crippen molar-refractivity contribution in [2.75, 3.05) is 40.1 Å². The summed E-state index contributed by atoms with van der Waals surface area (Å²) >= 11 is 0. The summed E-state index contributed by atoms with van der Waals surface area (Å²) in [6.07, 6.45) is -0.592. The molecule has 3 unspecified atom stereocenters. The minimum atomic E-state index is -1.51. The molecule has 0 aliphatic carbocycles. The molecule has 0 aliphatic heterocycles. The molecule has 0 aromatic rings. The highest BCUT2D eigenvalue weighted by molar-refractivity contribution is 5.94. The standard InChI is InChI=1S/C17H30N4O9/c1-10(19-14(23)9-30-7-6-29-5-4-28-3)15(24)20-11(2)16(25)21-12(17(26)27)8-13(18)22/h10-12H,4-9H2,1-3H3,(H2,18,22)(H,19,23)(H,20,24)(H,21,25)(H,26,27). The van der Waals surface area contributed by atoms with Crippen molar-refractivity contribution in [3.8, 4) is 0 Å². The van der Waals surface area contributed by atoms with E-state index in [1.54, 1.807) is 7.11 Å². The zero-order chi connectivity index (χ0) is 23.1. The lowest BCUT2D eigenvalue weighted by molar-refractivity contribution is -0.143. The van der Waals surface area contributed by atoms with Crippen LogP contribution in [0.3, 0.4) is 0 Å². The summed E-state index contributed by atoms with van der Waals surface area (Å²) in [5, 5.41) is 15.8. The molecule has 4 amide bonds. The van der Waals surface area contributed by atoms with E-state index in [4.69, 9.17) is 25.1 Å². The molecular formula is C17H30N4O9. The topological polar surface area (TPSA) is 195 Å². The van der Waals surface area contributed by atoms with Crippen LogP contribution in [-0.4, -0.2) is 93.0 Å². The zero-order valence-electron chi connectivity index (χ0n) is 17.3. The van der Waals surface area contributed by atoms with Gasteiger partial charge in [-0.1, -0.05) is 0 Å². The van der Waals surface area contributed by atoms with E-state index in [9.17, 15) is 24.0 Å².